The molecule has 5 nitrogen and oxygen atoms in total. The molecule has 6 heteroatoms. The molecule has 1 aliphatic rings. The summed E-state index contributed by atoms with van der Waals surface area (Å²) in [4.78, 5) is 11.6. The maximum Gasteiger partial charge on any atom is 0.238 e. The van der Waals surface area contributed by atoms with E-state index in [0.29, 0.717) is 13.0 Å². The van der Waals surface area contributed by atoms with Gasteiger partial charge >= 0.3 is 0 Å². The van der Waals surface area contributed by atoms with Crippen molar-refractivity contribution in [1.29, 1.82) is 0 Å². The Hall–Kier alpha value is -1.40. The van der Waals surface area contributed by atoms with Crippen molar-refractivity contribution in [1.82, 2.24) is 5.32 Å². The van der Waals surface area contributed by atoms with Crippen LogP contribution in [-0.4, -0.2) is 38.9 Å². The lowest BCUT2D eigenvalue weighted by Gasteiger charge is -2.09. The number of hydrogen-bond donors (Lipinski definition) is 2. The summed E-state index contributed by atoms with van der Waals surface area (Å²) < 4.78 is 22.5. The summed E-state index contributed by atoms with van der Waals surface area (Å²) in [5.74, 6) is 0.525. The SMILES string of the molecule is O=C(CNCC1CCS(=O)(=O)C1)Nc1ccccc1. The number of rotatable bonds is 5. The number of nitrogens with one attached hydrogen (secondary N) is 2. The minimum Gasteiger partial charge on any atom is -0.325 e. The van der Waals surface area contributed by atoms with E-state index in [1.807, 2.05) is 30.3 Å². The first-order chi connectivity index (χ1) is 9.05. The van der Waals surface area contributed by atoms with Crippen molar-refractivity contribution < 1.29 is 13.2 Å². The smallest absolute Gasteiger partial charge is 0.238 e. The summed E-state index contributed by atoms with van der Waals surface area (Å²) in [6.07, 6.45) is 0.690. The van der Waals surface area contributed by atoms with Gasteiger partial charge in [-0.15, -0.1) is 0 Å². The van der Waals surface area contributed by atoms with Crippen molar-refractivity contribution >= 4 is 21.4 Å². The van der Waals surface area contributed by atoms with Crippen LogP contribution in [0.25, 0.3) is 0 Å². The molecule has 1 heterocycles. The predicted molar refractivity (Wildman–Crippen MR) is 74.7 cm³/mol. The molecule has 2 rings (SSSR count). The van der Waals surface area contributed by atoms with Gasteiger partial charge in [0.2, 0.25) is 5.91 Å². The van der Waals surface area contributed by atoms with Gasteiger partial charge in [-0.25, -0.2) is 8.42 Å². The number of para-hydroxylation sites is 1. The van der Waals surface area contributed by atoms with Crippen LogP contribution < -0.4 is 10.6 Å². The Morgan fingerprint density at radius 2 is 2.00 bits per heavy atom. The molecule has 1 aromatic carbocycles. The first-order valence-corrected chi connectivity index (χ1v) is 8.13. The fourth-order valence-electron chi connectivity index (χ4n) is 2.15. The summed E-state index contributed by atoms with van der Waals surface area (Å²) in [5, 5.41) is 5.77. The van der Waals surface area contributed by atoms with E-state index in [1.54, 1.807) is 0 Å². The first-order valence-electron chi connectivity index (χ1n) is 6.31. The summed E-state index contributed by atoms with van der Waals surface area (Å²) in [5.41, 5.74) is 0.762. The highest BCUT2D eigenvalue weighted by molar-refractivity contribution is 7.91. The first kappa shape index (κ1) is 14.0. The molecule has 19 heavy (non-hydrogen) atoms. The molecular weight excluding hydrogens is 264 g/mol. The number of amides is 1. The Balaban J connectivity index is 1.67. The molecule has 0 aliphatic carbocycles. The van der Waals surface area contributed by atoms with Gasteiger partial charge in [0.15, 0.2) is 9.84 Å². The van der Waals surface area contributed by atoms with Gasteiger partial charge in [-0.1, -0.05) is 18.2 Å². The van der Waals surface area contributed by atoms with Crippen molar-refractivity contribution in [2.45, 2.75) is 6.42 Å². The van der Waals surface area contributed by atoms with Crippen molar-refractivity contribution in [3.63, 3.8) is 0 Å². The lowest BCUT2D eigenvalue weighted by molar-refractivity contribution is -0.115. The van der Waals surface area contributed by atoms with Gasteiger partial charge in [0, 0.05) is 5.69 Å². The Bertz CT molecular complexity index is 528. The second-order valence-electron chi connectivity index (χ2n) is 4.81. The van der Waals surface area contributed by atoms with E-state index in [-0.39, 0.29) is 29.9 Å². The Kier molecular flexibility index (Phi) is 4.55. The highest BCUT2D eigenvalue weighted by Crippen LogP contribution is 2.17. The lowest BCUT2D eigenvalue weighted by Crippen LogP contribution is -2.32. The highest BCUT2D eigenvalue weighted by Gasteiger charge is 2.27. The van der Waals surface area contributed by atoms with Crippen LogP contribution in [0.3, 0.4) is 0 Å². The molecule has 1 saturated heterocycles. The van der Waals surface area contributed by atoms with Crippen molar-refractivity contribution in [3.05, 3.63) is 30.3 Å². The van der Waals surface area contributed by atoms with Gasteiger partial charge in [-0.05, 0) is 31.0 Å². The fourth-order valence-corrected chi connectivity index (χ4v) is 4.01. The summed E-state index contributed by atoms with van der Waals surface area (Å²) in [7, 11) is -2.84. The maximum absolute atomic E-state index is 11.6. The Morgan fingerprint density at radius 1 is 1.26 bits per heavy atom. The van der Waals surface area contributed by atoms with Crippen molar-refractivity contribution in [2.75, 3.05) is 29.9 Å². The van der Waals surface area contributed by atoms with Gasteiger partial charge < -0.3 is 10.6 Å². The lowest BCUT2D eigenvalue weighted by atomic mass is 10.1. The largest absolute Gasteiger partial charge is 0.325 e. The van der Waals surface area contributed by atoms with E-state index < -0.39 is 9.84 Å². The van der Waals surface area contributed by atoms with Crippen LogP contribution in [0.4, 0.5) is 5.69 Å². The summed E-state index contributed by atoms with van der Waals surface area (Å²) >= 11 is 0. The predicted octanol–water partition coefficient (Wildman–Crippen LogP) is 0.649. The van der Waals surface area contributed by atoms with Crippen LogP contribution in [0.1, 0.15) is 6.42 Å². The molecule has 1 aliphatic heterocycles. The molecule has 0 bridgehead atoms. The van der Waals surface area contributed by atoms with E-state index >= 15 is 0 Å². The average molecular weight is 282 g/mol. The number of sulfone groups is 1. The fraction of sp³-hybridized carbons (Fsp3) is 0.462. The van der Waals surface area contributed by atoms with Crippen LogP contribution in [-0.2, 0) is 14.6 Å². The molecule has 1 atom stereocenters. The molecule has 1 aromatic rings. The third-order valence-corrected chi connectivity index (χ3v) is 4.94. The number of benzene rings is 1. The monoisotopic (exact) mass is 282 g/mol. The topological polar surface area (TPSA) is 75.3 Å². The number of anilines is 1. The number of carbonyl (C=O) groups excluding carboxylic acids is 1. The average Bonchev–Trinajstić information content (AvgIpc) is 2.70. The maximum atomic E-state index is 11.6. The molecule has 1 amide bonds. The minimum atomic E-state index is -2.84. The number of carbonyl (C=O) groups is 1. The minimum absolute atomic E-state index is 0.118. The normalized spacial score (nSPS) is 21.2. The van der Waals surface area contributed by atoms with Crippen LogP contribution in [0.15, 0.2) is 30.3 Å². The molecule has 0 saturated carbocycles. The third kappa shape index (κ3) is 4.65. The molecule has 0 radical (unpaired) electrons. The molecule has 104 valence electrons. The van der Waals surface area contributed by atoms with Gasteiger partial charge in [0.25, 0.3) is 0 Å². The zero-order chi connectivity index (χ0) is 13.7. The molecule has 1 unspecified atom stereocenters. The zero-order valence-electron chi connectivity index (χ0n) is 10.6. The number of hydrogen-bond acceptors (Lipinski definition) is 4. The van der Waals surface area contributed by atoms with Crippen molar-refractivity contribution in [2.24, 2.45) is 5.92 Å². The molecule has 0 spiro atoms. The Labute approximate surface area is 113 Å². The van der Waals surface area contributed by atoms with Gasteiger partial charge in [-0.3, -0.25) is 4.79 Å². The van der Waals surface area contributed by atoms with Crippen LogP contribution >= 0.6 is 0 Å². The van der Waals surface area contributed by atoms with Gasteiger partial charge in [0.05, 0.1) is 18.1 Å². The summed E-state index contributed by atoms with van der Waals surface area (Å²) in [6.45, 7) is 0.771. The van der Waals surface area contributed by atoms with Crippen molar-refractivity contribution in [3.8, 4) is 0 Å². The second kappa shape index (κ2) is 6.16. The summed E-state index contributed by atoms with van der Waals surface area (Å²) in [6, 6.07) is 9.23. The molecule has 0 aromatic heterocycles. The molecule has 1 fully saturated rings. The van der Waals surface area contributed by atoms with E-state index in [4.69, 9.17) is 0 Å². The quantitative estimate of drug-likeness (QED) is 0.831. The van der Waals surface area contributed by atoms with Crippen LogP contribution in [0.5, 0.6) is 0 Å². The van der Waals surface area contributed by atoms with E-state index in [1.165, 1.54) is 0 Å². The standard InChI is InChI=1S/C13H18N2O3S/c16-13(15-12-4-2-1-3-5-12)9-14-8-11-6-7-19(17,18)10-11/h1-5,11,14H,6-10H2,(H,15,16). The molecular formula is C13H18N2O3S. The van der Waals surface area contributed by atoms with Gasteiger partial charge in [-0.2, -0.15) is 0 Å². The highest BCUT2D eigenvalue weighted by atomic mass is 32.2. The van der Waals surface area contributed by atoms with E-state index in [2.05, 4.69) is 10.6 Å². The van der Waals surface area contributed by atoms with Gasteiger partial charge in [0.1, 0.15) is 0 Å². The van der Waals surface area contributed by atoms with E-state index in [9.17, 15) is 13.2 Å². The third-order valence-electron chi connectivity index (χ3n) is 3.10. The van der Waals surface area contributed by atoms with Crippen LogP contribution in [0.2, 0.25) is 0 Å². The molecule has 2 N–H and O–H groups in total. The Morgan fingerprint density at radius 3 is 2.63 bits per heavy atom. The van der Waals surface area contributed by atoms with Crippen LogP contribution in [0, 0.1) is 5.92 Å². The van der Waals surface area contributed by atoms with E-state index in [0.717, 1.165) is 5.69 Å². The zero-order valence-corrected chi connectivity index (χ0v) is 11.4. The second-order valence-corrected chi connectivity index (χ2v) is 7.04.